The Morgan fingerprint density at radius 1 is 1.42 bits per heavy atom. The monoisotopic (exact) mass is 305 g/mol. The Bertz CT molecular complexity index is 570. The SMILES string of the molecule is CSCCN(C)S(=O)(=O)c1ccc(O)c(C(=O)O)c1. The Morgan fingerprint density at radius 2 is 2.05 bits per heavy atom. The maximum absolute atomic E-state index is 12.2. The second-order valence-electron chi connectivity index (χ2n) is 3.80. The number of phenols is 1. The van der Waals surface area contributed by atoms with Crippen molar-refractivity contribution in [2.24, 2.45) is 0 Å². The molecule has 6 nitrogen and oxygen atoms in total. The molecule has 8 heteroatoms. The number of nitrogens with zero attached hydrogens (tertiary/aromatic N) is 1. The molecule has 0 saturated heterocycles. The van der Waals surface area contributed by atoms with Crippen molar-refractivity contribution < 1.29 is 23.4 Å². The number of carboxylic acid groups (broad SMARTS) is 1. The number of benzene rings is 1. The minimum Gasteiger partial charge on any atom is -0.507 e. The highest BCUT2D eigenvalue weighted by atomic mass is 32.2. The molecule has 0 atom stereocenters. The lowest BCUT2D eigenvalue weighted by Gasteiger charge is -2.17. The van der Waals surface area contributed by atoms with Crippen LogP contribution >= 0.6 is 11.8 Å². The van der Waals surface area contributed by atoms with Gasteiger partial charge in [-0.05, 0) is 24.5 Å². The lowest BCUT2D eigenvalue weighted by Crippen LogP contribution is -2.29. The predicted octanol–water partition coefficient (Wildman–Crippen LogP) is 1.07. The van der Waals surface area contributed by atoms with Crippen LogP contribution in [0, 0.1) is 0 Å². The molecule has 19 heavy (non-hydrogen) atoms. The van der Waals surface area contributed by atoms with Gasteiger partial charge < -0.3 is 10.2 Å². The molecule has 0 unspecified atom stereocenters. The van der Waals surface area contributed by atoms with Crippen molar-refractivity contribution in [3.63, 3.8) is 0 Å². The molecule has 0 bridgehead atoms. The summed E-state index contributed by atoms with van der Waals surface area (Å²) >= 11 is 1.51. The largest absolute Gasteiger partial charge is 0.507 e. The first kappa shape index (κ1) is 15.8. The van der Waals surface area contributed by atoms with Crippen LogP contribution in [0.5, 0.6) is 5.75 Å². The van der Waals surface area contributed by atoms with Gasteiger partial charge in [0.1, 0.15) is 11.3 Å². The lowest BCUT2D eigenvalue weighted by molar-refractivity contribution is 0.0693. The van der Waals surface area contributed by atoms with Crippen LogP contribution in [0.25, 0.3) is 0 Å². The molecule has 0 aliphatic heterocycles. The van der Waals surface area contributed by atoms with Crippen molar-refractivity contribution in [1.82, 2.24) is 4.31 Å². The number of carboxylic acids is 1. The van der Waals surface area contributed by atoms with Gasteiger partial charge in [-0.3, -0.25) is 0 Å². The predicted molar refractivity (Wildman–Crippen MR) is 73.3 cm³/mol. The van der Waals surface area contributed by atoms with E-state index in [1.807, 2.05) is 6.26 Å². The van der Waals surface area contributed by atoms with Crippen molar-refractivity contribution in [1.29, 1.82) is 0 Å². The van der Waals surface area contributed by atoms with Gasteiger partial charge >= 0.3 is 5.97 Å². The molecule has 106 valence electrons. The average molecular weight is 305 g/mol. The van der Waals surface area contributed by atoms with E-state index in [-0.39, 0.29) is 4.90 Å². The molecule has 0 aliphatic carbocycles. The Hall–Kier alpha value is -1.25. The van der Waals surface area contributed by atoms with Gasteiger partial charge in [0, 0.05) is 19.3 Å². The highest BCUT2D eigenvalue weighted by Gasteiger charge is 2.22. The van der Waals surface area contributed by atoms with Crippen LogP contribution in [0.4, 0.5) is 0 Å². The fourth-order valence-electron chi connectivity index (χ4n) is 1.37. The Kier molecular flexibility index (Phi) is 5.21. The summed E-state index contributed by atoms with van der Waals surface area (Å²) in [6, 6.07) is 3.22. The van der Waals surface area contributed by atoms with Gasteiger partial charge in [-0.15, -0.1) is 0 Å². The Morgan fingerprint density at radius 3 is 2.58 bits per heavy atom. The molecule has 2 N–H and O–H groups in total. The van der Waals surface area contributed by atoms with E-state index in [0.29, 0.717) is 12.3 Å². The van der Waals surface area contributed by atoms with Crippen molar-refractivity contribution >= 4 is 27.8 Å². The highest BCUT2D eigenvalue weighted by molar-refractivity contribution is 7.98. The summed E-state index contributed by atoms with van der Waals surface area (Å²) in [5.74, 6) is -1.20. The molecule has 0 saturated carbocycles. The number of thioether (sulfide) groups is 1. The summed E-state index contributed by atoms with van der Waals surface area (Å²) in [5, 5.41) is 18.2. The third kappa shape index (κ3) is 3.62. The van der Waals surface area contributed by atoms with E-state index in [0.717, 1.165) is 16.4 Å². The van der Waals surface area contributed by atoms with Gasteiger partial charge in [0.05, 0.1) is 4.90 Å². The molecule has 0 heterocycles. The van der Waals surface area contributed by atoms with E-state index in [2.05, 4.69) is 0 Å². The molecule has 1 aromatic rings. The fraction of sp³-hybridized carbons (Fsp3) is 0.364. The first-order chi connectivity index (χ1) is 8.80. The molecular weight excluding hydrogens is 290 g/mol. The topological polar surface area (TPSA) is 94.9 Å². The second kappa shape index (κ2) is 6.27. The average Bonchev–Trinajstić information content (AvgIpc) is 2.35. The van der Waals surface area contributed by atoms with E-state index in [4.69, 9.17) is 5.11 Å². The van der Waals surface area contributed by atoms with Crippen LogP contribution in [0.1, 0.15) is 10.4 Å². The number of aromatic carboxylic acids is 1. The van der Waals surface area contributed by atoms with E-state index >= 15 is 0 Å². The third-order valence-corrected chi connectivity index (χ3v) is 4.96. The Labute approximate surface area is 116 Å². The maximum atomic E-state index is 12.2. The van der Waals surface area contributed by atoms with Crippen LogP contribution in [-0.4, -0.2) is 54.5 Å². The van der Waals surface area contributed by atoms with Gasteiger partial charge in [0.2, 0.25) is 10.0 Å². The van der Waals surface area contributed by atoms with E-state index in [1.165, 1.54) is 24.9 Å². The summed E-state index contributed by atoms with van der Waals surface area (Å²) in [6.07, 6.45) is 1.86. The number of aromatic hydroxyl groups is 1. The quantitative estimate of drug-likeness (QED) is 0.816. The van der Waals surface area contributed by atoms with Crippen LogP contribution in [0.2, 0.25) is 0 Å². The van der Waals surface area contributed by atoms with Crippen molar-refractivity contribution in [2.45, 2.75) is 4.90 Å². The van der Waals surface area contributed by atoms with E-state index in [9.17, 15) is 18.3 Å². The normalized spacial score (nSPS) is 11.7. The number of hydrogen-bond donors (Lipinski definition) is 2. The fourth-order valence-corrected chi connectivity index (χ4v) is 3.14. The highest BCUT2D eigenvalue weighted by Crippen LogP contribution is 2.23. The van der Waals surface area contributed by atoms with Crippen LogP contribution in [0.15, 0.2) is 23.1 Å². The minimum atomic E-state index is -3.74. The zero-order valence-electron chi connectivity index (χ0n) is 10.5. The first-order valence-electron chi connectivity index (χ1n) is 5.32. The van der Waals surface area contributed by atoms with Crippen LogP contribution in [0.3, 0.4) is 0 Å². The minimum absolute atomic E-state index is 0.147. The summed E-state index contributed by atoms with van der Waals surface area (Å²) in [7, 11) is -2.31. The Balaban J connectivity index is 3.15. The summed E-state index contributed by atoms with van der Waals surface area (Å²) < 4.78 is 25.5. The molecule has 0 aliphatic rings. The van der Waals surface area contributed by atoms with Crippen molar-refractivity contribution in [2.75, 3.05) is 25.6 Å². The first-order valence-corrected chi connectivity index (χ1v) is 8.15. The molecule has 0 fully saturated rings. The van der Waals surface area contributed by atoms with Gasteiger partial charge in [-0.2, -0.15) is 11.8 Å². The van der Waals surface area contributed by atoms with Crippen molar-refractivity contribution in [3.05, 3.63) is 23.8 Å². The lowest BCUT2D eigenvalue weighted by atomic mass is 10.2. The number of carbonyl (C=O) groups is 1. The van der Waals surface area contributed by atoms with Gasteiger partial charge in [0.15, 0.2) is 0 Å². The summed E-state index contributed by atoms with van der Waals surface area (Å²) in [6.45, 7) is 0.326. The molecule has 0 radical (unpaired) electrons. The number of sulfonamides is 1. The van der Waals surface area contributed by atoms with Gasteiger partial charge in [0.25, 0.3) is 0 Å². The number of rotatable bonds is 6. The molecule has 0 amide bonds. The summed E-state index contributed by atoms with van der Waals surface area (Å²) in [5.41, 5.74) is -0.431. The third-order valence-electron chi connectivity index (χ3n) is 2.52. The zero-order chi connectivity index (χ0) is 14.6. The summed E-state index contributed by atoms with van der Waals surface area (Å²) in [4.78, 5) is 10.7. The molecular formula is C11H15NO5S2. The van der Waals surface area contributed by atoms with Crippen molar-refractivity contribution in [3.8, 4) is 5.75 Å². The second-order valence-corrected chi connectivity index (χ2v) is 6.83. The van der Waals surface area contributed by atoms with Crippen LogP contribution < -0.4 is 0 Å². The number of hydrogen-bond acceptors (Lipinski definition) is 5. The smallest absolute Gasteiger partial charge is 0.339 e. The van der Waals surface area contributed by atoms with E-state index in [1.54, 1.807) is 0 Å². The molecule has 0 spiro atoms. The van der Waals surface area contributed by atoms with Crippen LogP contribution in [-0.2, 0) is 10.0 Å². The molecule has 1 rings (SSSR count). The standard InChI is InChI=1S/C11H15NO5S2/c1-12(5-6-18-2)19(16,17)8-3-4-10(13)9(7-8)11(14)15/h3-4,7,13H,5-6H2,1-2H3,(H,14,15). The van der Waals surface area contributed by atoms with Gasteiger partial charge in [-0.1, -0.05) is 0 Å². The molecule has 0 aromatic heterocycles. The molecule has 1 aromatic carbocycles. The maximum Gasteiger partial charge on any atom is 0.339 e. The zero-order valence-corrected chi connectivity index (χ0v) is 12.2. The van der Waals surface area contributed by atoms with Gasteiger partial charge in [-0.25, -0.2) is 17.5 Å². The van der Waals surface area contributed by atoms with E-state index < -0.39 is 27.3 Å².